The molecule has 2 aromatic rings. The van der Waals surface area contributed by atoms with E-state index in [0.717, 1.165) is 17.7 Å². The van der Waals surface area contributed by atoms with Gasteiger partial charge in [-0.1, -0.05) is 67.6 Å². The number of nitrogens with zero attached hydrogens (tertiary/aromatic N) is 1. The molecule has 3 rings (SSSR count). The highest BCUT2D eigenvalue weighted by atomic mass is 16.1. The molecule has 3 nitrogen and oxygen atoms in total. The lowest BCUT2D eigenvalue weighted by Crippen LogP contribution is -2.43. The highest BCUT2D eigenvalue weighted by molar-refractivity contribution is 6.04. The van der Waals surface area contributed by atoms with E-state index in [1.807, 2.05) is 24.3 Å². The van der Waals surface area contributed by atoms with Gasteiger partial charge >= 0.3 is 0 Å². The zero-order valence-corrected chi connectivity index (χ0v) is 14.3. The molecule has 0 radical (unpaired) electrons. The van der Waals surface area contributed by atoms with E-state index < -0.39 is 0 Å². The molecule has 1 heterocycles. The first-order valence-corrected chi connectivity index (χ1v) is 8.62. The van der Waals surface area contributed by atoms with Crippen molar-refractivity contribution >= 4 is 11.6 Å². The molecule has 3 atom stereocenters. The highest BCUT2D eigenvalue weighted by Crippen LogP contribution is 2.36. The third-order valence-electron chi connectivity index (χ3n) is 4.77. The van der Waals surface area contributed by atoms with Crippen LogP contribution in [0.1, 0.15) is 37.3 Å². The first-order valence-electron chi connectivity index (χ1n) is 8.62. The van der Waals surface area contributed by atoms with Gasteiger partial charge < -0.3 is 5.32 Å². The van der Waals surface area contributed by atoms with E-state index in [1.54, 1.807) is 6.92 Å². The van der Waals surface area contributed by atoms with Crippen LogP contribution in [0.3, 0.4) is 0 Å². The molecule has 0 unspecified atom stereocenters. The molecule has 0 bridgehead atoms. The van der Waals surface area contributed by atoms with Gasteiger partial charge in [-0.05, 0) is 23.5 Å². The fraction of sp³-hybridized carbons (Fsp3) is 0.333. The Hall–Kier alpha value is -2.42. The van der Waals surface area contributed by atoms with Gasteiger partial charge in [0.15, 0.2) is 0 Å². The molecular formula is C21H24N2O. The Morgan fingerprint density at radius 3 is 2.33 bits per heavy atom. The van der Waals surface area contributed by atoms with Crippen LogP contribution >= 0.6 is 0 Å². The Morgan fingerprint density at radius 2 is 1.75 bits per heavy atom. The van der Waals surface area contributed by atoms with Gasteiger partial charge in [-0.15, -0.1) is 0 Å². The zero-order chi connectivity index (χ0) is 16.9. The fourth-order valence-electron chi connectivity index (χ4n) is 3.76. The highest BCUT2D eigenvalue weighted by Gasteiger charge is 2.38. The van der Waals surface area contributed by atoms with Crippen molar-refractivity contribution in [2.75, 3.05) is 6.54 Å². The Morgan fingerprint density at radius 1 is 1.12 bits per heavy atom. The van der Waals surface area contributed by atoms with E-state index in [-0.39, 0.29) is 17.9 Å². The second-order valence-electron chi connectivity index (χ2n) is 6.35. The van der Waals surface area contributed by atoms with Crippen molar-refractivity contribution in [1.82, 2.24) is 5.32 Å². The molecule has 0 fully saturated rings. The molecule has 1 aliphatic rings. The summed E-state index contributed by atoms with van der Waals surface area (Å²) >= 11 is 0. The minimum atomic E-state index is 0.0115. The van der Waals surface area contributed by atoms with Gasteiger partial charge in [0.2, 0.25) is 5.91 Å². The summed E-state index contributed by atoms with van der Waals surface area (Å²) in [6.45, 7) is 4.45. The smallest absolute Gasteiger partial charge is 0.217 e. The molecule has 24 heavy (non-hydrogen) atoms. The van der Waals surface area contributed by atoms with Crippen molar-refractivity contribution in [3.05, 3.63) is 71.8 Å². The number of benzene rings is 2. The number of carbonyl (C=O) groups is 1. The Labute approximate surface area is 143 Å². The molecule has 0 aromatic heterocycles. The number of carbonyl (C=O) groups excluding carboxylic acids is 1. The summed E-state index contributed by atoms with van der Waals surface area (Å²) in [7, 11) is 0. The number of hydrogen-bond donors (Lipinski definition) is 1. The Bertz CT molecular complexity index is 709. The molecule has 0 saturated carbocycles. The van der Waals surface area contributed by atoms with Gasteiger partial charge in [-0.25, -0.2) is 0 Å². The minimum Gasteiger partial charge on any atom is -0.351 e. The molecule has 1 amide bonds. The summed E-state index contributed by atoms with van der Waals surface area (Å²) in [5.74, 6) is 0.547. The Balaban J connectivity index is 1.99. The van der Waals surface area contributed by atoms with Gasteiger partial charge in [0.1, 0.15) is 0 Å². The summed E-state index contributed by atoms with van der Waals surface area (Å²) in [5, 5.41) is 3.12. The summed E-state index contributed by atoms with van der Waals surface area (Å²) in [6.07, 6.45) is 1.01. The van der Waals surface area contributed by atoms with E-state index >= 15 is 0 Å². The lowest BCUT2D eigenvalue weighted by atomic mass is 9.76. The first kappa shape index (κ1) is 16.4. The molecule has 2 aromatic carbocycles. The molecule has 0 saturated heterocycles. The van der Waals surface area contributed by atoms with E-state index in [4.69, 9.17) is 4.99 Å². The second kappa shape index (κ2) is 7.43. The van der Waals surface area contributed by atoms with Crippen molar-refractivity contribution < 1.29 is 4.79 Å². The number of nitrogens with one attached hydrogen (secondary N) is 1. The molecule has 1 aliphatic heterocycles. The number of rotatable bonds is 5. The van der Waals surface area contributed by atoms with Crippen molar-refractivity contribution in [1.29, 1.82) is 0 Å². The monoisotopic (exact) mass is 320 g/mol. The molecule has 124 valence electrons. The zero-order valence-electron chi connectivity index (χ0n) is 14.3. The summed E-state index contributed by atoms with van der Waals surface area (Å²) in [6, 6.07) is 21.0. The van der Waals surface area contributed by atoms with Gasteiger partial charge in [0.25, 0.3) is 0 Å². The molecular weight excluding hydrogens is 296 g/mol. The average molecular weight is 320 g/mol. The van der Waals surface area contributed by atoms with Gasteiger partial charge in [-0.3, -0.25) is 9.79 Å². The fourth-order valence-corrected chi connectivity index (χ4v) is 3.76. The van der Waals surface area contributed by atoms with Crippen molar-refractivity contribution in [2.24, 2.45) is 10.9 Å². The van der Waals surface area contributed by atoms with Crippen LogP contribution in [0.5, 0.6) is 0 Å². The second-order valence-corrected chi connectivity index (χ2v) is 6.35. The third-order valence-corrected chi connectivity index (χ3v) is 4.77. The molecule has 0 spiro atoms. The van der Waals surface area contributed by atoms with E-state index in [9.17, 15) is 4.79 Å². The van der Waals surface area contributed by atoms with Crippen LogP contribution in [0.25, 0.3) is 0 Å². The third kappa shape index (κ3) is 3.40. The minimum absolute atomic E-state index is 0.0115. The van der Waals surface area contributed by atoms with Gasteiger partial charge in [0, 0.05) is 18.6 Å². The molecule has 0 aliphatic carbocycles. The maximum Gasteiger partial charge on any atom is 0.217 e. The topological polar surface area (TPSA) is 41.5 Å². The van der Waals surface area contributed by atoms with Crippen LogP contribution in [0.2, 0.25) is 0 Å². The number of hydrogen-bond acceptors (Lipinski definition) is 2. The predicted octanol–water partition coefficient (Wildman–Crippen LogP) is 3.80. The lowest BCUT2D eigenvalue weighted by Gasteiger charge is -2.30. The standard InChI is InChI=1S/C21H24N2O/c1-3-18(16-10-6-4-7-11-16)20-19(23-15(2)24)14-22-21(20)17-12-8-5-9-13-17/h4-13,18-20H,3,14H2,1-2H3,(H,23,24)/t18-,19-,20+/m1/s1. The average Bonchev–Trinajstić information content (AvgIpc) is 3.00. The maximum absolute atomic E-state index is 11.7. The van der Waals surface area contributed by atoms with Gasteiger partial charge in [-0.2, -0.15) is 0 Å². The van der Waals surface area contributed by atoms with Crippen LogP contribution in [0.15, 0.2) is 65.7 Å². The number of aliphatic imine (C=N–C) groups is 1. The summed E-state index contributed by atoms with van der Waals surface area (Å²) < 4.78 is 0. The van der Waals surface area contributed by atoms with E-state index in [2.05, 4.69) is 48.6 Å². The SMILES string of the molecule is CC[C@H](c1ccccc1)[C@@H]1C(c2ccccc2)=NC[C@H]1NC(C)=O. The summed E-state index contributed by atoms with van der Waals surface area (Å²) in [5.41, 5.74) is 3.58. The van der Waals surface area contributed by atoms with E-state index in [1.165, 1.54) is 5.56 Å². The maximum atomic E-state index is 11.7. The van der Waals surface area contributed by atoms with Crippen LogP contribution in [0, 0.1) is 5.92 Å². The molecule has 3 heteroatoms. The summed E-state index contributed by atoms with van der Waals surface area (Å²) in [4.78, 5) is 16.5. The predicted molar refractivity (Wildman–Crippen MR) is 98.4 cm³/mol. The normalized spacial score (nSPS) is 21.2. The first-order chi connectivity index (χ1) is 11.7. The van der Waals surface area contributed by atoms with E-state index in [0.29, 0.717) is 12.5 Å². The lowest BCUT2D eigenvalue weighted by molar-refractivity contribution is -0.119. The van der Waals surface area contributed by atoms with Crippen molar-refractivity contribution in [2.45, 2.75) is 32.2 Å². The molecule has 1 N–H and O–H groups in total. The van der Waals surface area contributed by atoms with Crippen LogP contribution in [-0.4, -0.2) is 24.2 Å². The van der Waals surface area contributed by atoms with Crippen molar-refractivity contribution in [3.63, 3.8) is 0 Å². The largest absolute Gasteiger partial charge is 0.351 e. The quantitative estimate of drug-likeness (QED) is 0.894. The van der Waals surface area contributed by atoms with Crippen LogP contribution in [-0.2, 0) is 4.79 Å². The Kier molecular flexibility index (Phi) is 5.09. The van der Waals surface area contributed by atoms with Gasteiger partial charge in [0.05, 0.1) is 12.6 Å². The number of amides is 1. The van der Waals surface area contributed by atoms with Crippen LogP contribution in [0.4, 0.5) is 0 Å². The van der Waals surface area contributed by atoms with Crippen molar-refractivity contribution in [3.8, 4) is 0 Å². The van der Waals surface area contributed by atoms with Crippen LogP contribution < -0.4 is 5.32 Å².